The number of phosphoric ester groups is 1. The van der Waals surface area contributed by atoms with Crippen molar-refractivity contribution in [2.45, 2.75) is 82.8 Å². The number of β-amino-alcohol motifs (C(OH)–C–C–N with tert-alkyl or cyclic N) is 1. The summed E-state index contributed by atoms with van der Waals surface area (Å²) in [5, 5.41) is 12.6. The zero-order chi connectivity index (χ0) is 23.1. The molecule has 1 saturated heterocycles. The van der Waals surface area contributed by atoms with Gasteiger partial charge in [0.2, 0.25) is 11.8 Å². The monoisotopic (exact) mass is 466 g/mol. The van der Waals surface area contributed by atoms with Crippen LogP contribution in [-0.2, 0) is 32.8 Å². The van der Waals surface area contributed by atoms with Crippen LogP contribution in [0.2, 0.25) is 0 Å². The third-order valence-corrected chi connectivity index (χ3v) is 6.59. The molecular formula is C20H39N2O8P. The number of nitrogens with zero attached hydrogens (tertiary/aromatic N) is 1. The lowest BCUT2D eigenvalue weighted by Crippen LogP contribution is -2.38. The van der Waals surface area contributed by atoms with Crippen LogP contribution >= 0.6 is 7.82 Å². The summed E-state index contributed by atoms with van der Waals surface area (Å²) in [6.45, 7) is 0.169. The Balaban J connectivity index is 2.20. The van der Waals surface area contributed by atoms with Gasteiger partial charge < -0.3 is 15.3 Å². The second-order valence-corrected chi connectivity index (χ2v) is 9.42. The number of aliphatic hydroxyl groups is 1. The molecular weight excluding hydrogens is 427 g/mol. The van der Waals surface area contributed by atoms with Crippen LogP contribution < -0.4 is 5.32 Å². The Kier molecular flexibility index (Phi) is 14.2. The van der Waals surface area contributed by atoms with Crippen LogP contribution in [0.4, 0.5) is 0 Å². The summed E-state index contributed by atoms with van der Waals surface area (Å²) in [6, 6.07) is -0.388. The van der Waals surface area contributed by atoms with Crippen molar-refractivity contribution in [1.29, 1.82) is 0 Å². The molecule has 0 aliphatic carbocycles. The predicted octanol–water partition coefficient (Wildman–Crippen LogP) is 2.94. The lowest BCUT2D eigenvalue weighted by Gasteiger charge is -2.25. The molecule has 11 heteroatoms. The molecule has 2 amide bonds. The van der Waals surface area contributed by atoms with E-state index < -0.39 is 13.9 Å². The Morgan fingerprint density at radius 3 is 2.16 bits per heavy atom. The molecule has 182 valence electrons. The van der Waals surface area contributed by atoms with E-state index in [-0.39, 0.29) is 31.0 Å². The highest BCUT2D eigenvalue weighted by molar-refractivity contribution is 7.48. The maximum atomic E-state index is 12.6. The molecule has 2 N–H and O–H groups in total. The smallest absolute Gasteiger partial charge is 0.391 e. The summed E-state index contributed by atoms with van der Waals surface area (Å²) in [6.07, 6.45) is 8.95. The molecule has 0 bridgehead atoms. The largest absolute Gasteiger partial charge is 0.501 e. The number of rotatable bonds is 17. The Morgan fingerprint density at radius 2 is 1.61 bits per heavy atom. The lowest BCUT2D eigenvalue weighted by atomic mass is 10.1. The number of hydrogen-bond donors (Lipinski definition) is 2. The molecule has 0 aromatic carbocycles. The highest BCUT2D eigenvalue weighted by Crippen LogP contribution is 2.49. The highest BCUT2D eigenvalue weighted by Gasteiger charge is 2.37. The van der Waals surface area contributed by atoms with Crippen molar-refractivity contribution in [3.8, 4) is 0 Å². The Hall–Kier alpha value is -1.03. The fraction of sp³-hybridized carbons (Fsp3) is 0.900. The number of hydrogen-bond acceptors (Lipinski definition) is 8. The standard InChI is InChI=1S/C20H39N2O8P/c1-21-19(24)12-10-8-6-4-5-7-9-11-13-20(25)22-15-18(23)14-17(22)16-29-31(26,28-3)30-27-2/h17-18,23H,4-16H2,1-3H3,(H,21,24)/t17-,18+,31?/m0/s1. The first kappa shape index (κ1) is 28.0. The van der Waals surface area contributed by atoms with E-state index in [0.29, 0.717) is 19.3 Å². The first-order valence-corrected chi connectivity index (χ1v) is 12.5. The van der Waals surface area contributed by atoms with Gasteiger partial charge in [0.05, 0.1) is 25.9 Å². The minimum absolute atomic E-state index is 0.0424. The fourth-order valence-electron chi connectivity index (χ4n) is 3.62. The van der Waals surface area contributed by atoms with Gasteiger partial charge in [-0.2, -0.15) is 0 Å². The van der Waals surface area contributed by atoms with E-state index in [1.54, 1.807) is 11.9 Å². The van der Waals surface area contributed by atoms with Crippen molar-refractivity contribution in [2.24, 2.45) is 0 Å². The summed E-state index contributed by atoms with van der Waals surface area (Å²) >= 11 is 0. The maximum absolute atomic E-state index is 12.6. The van der Waals surface area contributed by atoms with Gasteiger partial charge >= 0.3 is 7.82 Å². The van der Waals surface area contributed by atoms with E-state index in [1.165, 1.54) is 14.2 Å². The van der Waals surface area contributed by atoms with Gasteiger partial charge in [0.15, 0.2) is 0 Å². The van der Waals surface area contributed by atoms with Crippen LogP contribution in [0.1, 0.15) is 70.6 Å². The van der Waals surface area contributed by atoms with E-state index in [1.807, 2.05) is 0 Å². The van der Waals surface area contributed by atoms with Crippen molar-refractivity contribution in [2.75, 3.05) is 34.4 Å². The predicted molar refractivity (Wildman–Crippen MR) is 115 cm³/mol. The lowest BCUT2D eigenvalue weighted by molar-refractivity contribution is -0.200. The van der Waals surface area contributed by atoms with Gasteiger partial charge in [-0.3, -0.25) is 18.6 Å². The number of phosphoric acid groups is 1. The molecule has 0 saturated carbocycles. The molecule has 0 aromatic heterocycles. The first-order chi connectivity index (χ1) is 14.8. The minimum atomic E-state index is -3.84. The molecule has 0 radical (unpaired) electrons. The number of unbranched alkanes of at least 4 members (excludes halogenated alkanes) is 7. The molecule has 31 heavy (non-hydrogen) atoms. The first-order valence-electron chi connectivity index (χ1n) is 11.1. The van der Waals surface area contributed by atoms with Crippen molar-refractivity contribution in [1.82, 2.24) is 10.2 Å². The van der Waals surface area contributed by atoms with Crippen LogP contribution in [0.15, 0.2) is 0 Å². The third kappa shape index (κ3) is 11.4. The molecule has 0 spiro atoms. The average molecular weight is 467 g/mol. The number of nitrogens with one attached hydrogen (secondary N) is 1. The third-order valence-electron chi connectivity index (χ3n) is 5.35. The van der Waals surface area contributed by atoms with Crippen LogP contribution in [0.5, 0.6) is 0 Å². The molecule has 1 aliphatic heterocycles. The summed E-state index contributed by atoms with van der Waals surface area (Å²) in [4.78, 5) is 29.7. The van der Waals surface area contributed by atoms with Gasteiger partial charge in [0.1, 0.15) is 0 Å². The topological polar surface area (TPSA) is 124 Å². The van der Waals surface area contributed by atoms with Crippen molar-refractivity contribution >= 4 is 19.6 Å². The van der Waals surface area contributed by atoms with Gasteiger partial charge in [-0.25, -0.2) is 9.45 Å². The van der Waals surface area contributed by atoms with Crippen molar-refractivity contribution in [3.63, 3.8) is 0 Å². The molecule has 3 atom stereocenters. The second-order valence-electron chi connectivity index (χ2n) is 7.76. The summed E-state index contributed by atoms with van der Waals surface area (Å²) in [5.41, 5.74) is 0. The number of likely N-dealkylation sites (tertiary alicyclic amines) is 1. The quantitative estimate of drug-likeness (QED) is 0.145. The normalized spacial score (nSPS) is 20.6. The van der Waals surface area contributed by atoms with Crippen LogP contribution in [0.3, 0.4) is 0 Å². The molecule has 1 unspecified atom stereocenters. The molecule has 1 aliphatic rings. The fourth-order valence-corrected chi connectivity index (χ4v) is 4.37. The zero-order valence-electron chi connectivity index (χ0n) is 19.0. The van der Waals surface area contributed by atoms with Crippen LogP contribution in [0.25, 0.3) is 0 Å². The number of carbonyl (C=O) groups is 2. The Morgan fingerprint density at radius 1 is 1.03 bits per heavy atom. The maximum Gasteiger partial charge on any atom is 0.501 e. The highest BCUT2D eigenvalue weighted by atomic mass is 31.2. The molecule has 1 heterocycles. The summed E-state index contributed by atoms with van der Waals surface area (Å²) in [7, 11) is 0.185. The molecule has 0 aromatic rings. The minimum Gasteiger partial charge on any atom is -0.391 e. The zero-order valence-corrected chi connectivity index (χ0v) is 19.9. The molecule has 1 fully saturated rings. The molecule has 1 rings (SSSR count). The van der Waals surface area contributed by atoms with Gasteiger partial charge in [-0.15, -0.1) is 4.67 Å². The van der Waals surface area contributed by atoms with E-state index in [0.717, 1.165) is 51.4 Å². The number of amides is 2. The van der Waals surface area contributed by atoms with Gasteiger partial charge in [-0.1, -0.05) is 38.5 Å². The van der Waals surface area contributed by atoms with Gasteiger partial charge in [-0.05, 0) is 19.3 Å². The summed E-state index contributed by atoms with van der Waals surface area (Å²) in [5.74, 6) is 0.0549. The van der Waals surface area contributed by atoms with E-state index in [4.69, 9.17) is 9.05 Å². The number of aliphatic hydroxyl groups excluding tert-OH is 1. The van der Waals surface area contributed by atoms with Crippen molar-refractivity contribution < 1.29 is 37.9 Å². The SMILES string of the molecule is CNC(=O)CCCCCCCCCCC(=O)N1C[C@H](O)C[C@H]1COP(=O)(OC)OOC. The van der Waals surface area contributed by atoms with E-state index in [2.05, 4.69) is 14.9 Å². The van der Waals surface area contributed by atoms with E-state index >= 15 is 0 Å². The van der Waals surface area contributed by atoms with Gasteiger partial charge in [0, 0.05) is 33.5 Å². The Labute approximate surface area is 185 Å². The molecule has 10 nitrogen and oxygen atoms in total. The number of carbonyl (C=O) groups excluding carboxylic acids is 2. The average Bonchev–Trinajstić information content (AvgIpc) is 3.14. The van der Waals surface area contributed by atoms with Crippen LogP contribution in [0, 0.1) is 0 Å². The Bertz CT molecular complexity index is 577. The van der Waals surface area contributed by atoms with Crippen molar-refractivity contribution in [3.05, 3.63) is 0 Å². The van der Waals surface area contributed by atoms with Gasteiger partial charge in [0.25, 0.3) is 0 Å². The van der Waals surface area contributed by atoms with E-state index in [9.17, 15) is 19.3 Å². The second kappa shape index (κ2) is 15.7. The summed E-state index contributed by atoms with van der Waals surface area (Å²) < 4.78 is 26.6. The van der Waals surface area contributed by atoms with Crippen LogP contribution in [-0.4, -0.2) is 68.4 Å².